The van der Waals surface area contributed by atoms with E-state index in [4.69, 9.17) is 4.74 Å². The largest absolute Gasteiger partial charge is 0.485 e. The molecule has 6 nitrogen and oxygen atoms in total. The van der Waals surface area contributed by atoms with Gasteiger partial charge in [-0.1, -0.05) is 39.8 Å². The molecule has 1 amide bonds. The number of thioether (sulfide) groups is 1. The van der Waals surface area contributed by atoms with Crippen LogP contribution in [0.2, 0.25) is 0 Å². The molecule has 0 aliphatic carbocycles. The van der Waals surface area contributed by atoms with Gasteiger partial charge in [-0.2, -0.15) is 0 Å². The molecule has 158 valence electrons. The summed E-state index contributed by atoms with van der Waals surface area (Å²) in [6.45, 7) is 8.42. The molecule has 0 bridgehead atoms. The predicted octanol–water partition coefficient (Wildman–Crippen LogP) is 5.12. The topological polar surface area (TPSA) is 69.0 Å². The van der Waals surface area contributed by atoms with Crippen molar-refractivity contribution in [2.75, 3.05) is 11.1 Å². The number of hydrogen-bond donors (Lipinski definition) is 1. The van der Waals surface area contributed by atoms with Gasteiger partial charge in [0.05, 0.1) is 5.75 Å². The standard InChI is InChI=1S/C22H25BrN4O2S/c1-13-7-6-8-19(14(13)2)29-11-20-25-26-22(27(20)5)30-12-21(28)24-18-10-9-17(23)15(3)16(18)4/h6-10H,11-12H2,1-5H3,(H,24,28). The minimum Gasteiger partial charge on any atom is -0.485 e. The molecular formula is C22H25BrN4O2S. The molecule has 0 saturated heterocycles. The van der Waals surface area contributed by atoms with Crippen LogP contribution >= 0.6 is 27.7 Å². The van der Waals surface area contributed by atoms with Crippen LogP contribution in [0.25, 0.3) is 0 Å². The fourth-order valence-electron chi connectivity index (χ4n) is 2.86. The number of aromatic nitrogens is 3. The quantitative estimate of drug-likeness (QED) is 0.467. The van der Waals surface area contributed by atoms with Gasteiger partial charge in [0.1, 0.15) is 12.4 Å². The summed E-state index contributed by atoms with van der Waals surface area (Å²) in [5.74, 6) is 1.71. The van der Waals surface area contributed by atoms with Crippen molar-refractivity contribution in [3.05, 3.63) is 62.9 Å². The van der Waals surface area contributed by atoms with Crippen molar-refractivity contribution in [2.24, 2.45) is 7.05 Å². The van der Waals surface area contributed by atoms with Gasteiger partial charge >= 0.3 is 0 Å². The molecule has 1 heterocycles. The molecule has 2 aromatic carbocycles. The van der Waals surface area contributed by atoms with Gasteiger partial charge in [-0.05, 0) is 68.1 Å². The first-order valence-electron chi connectivity index (χ1n) is 9.53. The summed E-state index contributed by atoms with van der Waals surface area (Å²) < 4.78 is 8.81. The number of nitrogens with one attached hydrogen (secondary N) is 1. The van der Waals surface area contributed by atoms with Gasteiger partial charge in [0.25, 0.3) is 0 Å². The van der Waals surface area contributed by atoms with Gasteiger partial charge < -0.3 is 14.6 Å². The molecule has 0 spiro atoms. The second-order valence-corrected chi connectivity index (χ2v) is 8.92. The summed E-state index contributed by atoms with van der Waals surface area (Å²) in [6.07, 6.45) is 0. The lowest BCUT2D eigenvalue weighted by atomic mass is 10.1. The number of benzene rings is 2. The maximum atomic E-state index is 12.4. The second kappa shape index (κ2) is 9.66. The van der Waals surface area contributed by atoms with Crippen LogP contribution < -0.4 is 10.1 Å². The first kappa shape index (κ1) is 22.4. The number of hydrogen-bond acceptors (Lipinski definition) is 5. The number of nitrogens with zero attached hydrogens (tertiary/aromatic N) is 3. The van der Waals surface area contributed by atoms with Gasteiger partial charge in [0, 0.05) is 17.2 Å². The Bertz CT molecular complexity index is 1080. The third kappa shape index (κ3) is 5.05. The Hall–Kier alpha value is -2.32. The Morgan fingerprint density at radius 2 is 1.87 bits per heavy atom. The van der Waals surface area contributed by atoms with Gasteiger partial charge in [-0.3, -0.25) is 4.79 Å². The lowest BCUT2D eigenvalue weighted by molar-refractivity contribution is -0.113. The van der Waals surface area contributed by atoms with E-state index in [0.717, 1.165) is 32.6 Å². The highest BCUT2D eigenvalue weighted by atomic mass is 79.9. The van der Waals surface area contributed by atoms with Crippen LogP contribution in [0.4, 0.5) is 5.69 Å². The van der Waals surface area contributed by atoms with Crippen molar-refractivity contribution in [3.8, 4) is 5.75 Å². The molecule has 0 fully saturated rings. The maximum Gasteiger partial charge on any atom is 0.234 e. The van der Waals surface area contributed by atoms with Crippen molar-refractivity contribution in [1.29, 1.82) is 0 Å². The molecular weight excluding hydrogens is 464 g/mol. The lowest BCUT2D eigenvalue weighted by Crippen LogP contribution is -2.15. The van der Waals surface area contributed by atoms with E-state index >= 15 is 0 Å². The number of carbonyl (C=O) groups is 1. The summed E-state index contributed by atoms with van der Waals surface area (Å²) in [5, 5.41) is 12.1. The number of ether oxygens (including phenoxy) is 1. The van der Waals surface area contributed by atoms with E-state index < -0.39 is 0 Å². The van der Waals surface area contributed by atoms with E-state index in [9.17, 15) is 4.79 Å². The molecule has 0 unspecified atom stereocenters. The Morgan fingerprint density at radius 1 is 1.10 bits per heavy atom. The maximum absolute atomic E-state index is 12.4. The Labute approximate surface area is 189 Å². The molecule has 1 aromatic heterocycles. The Kier molecular flexibility index (Phi) is 7.20. The van der Waals surface area contributed by atoms with E-state index in [2.05, 4.69) is 44.4 Å². The molecule has 1 N–H and O–H groups in total. The minimum absolute atomic E-state index is 0.0824. The Balaban J connectivity index is 1.58. The van der Waals surface area contributed by atoms with E-state index in [1.54, 1.807) is 0 Å². The van der Waals surface area contributed by atoms with Crippen LogP contribution in [0.15, 0.2) is 40.0 Å². The average Bonchev–Trinajstić information content (AvgIpc) is 3.07. The van der Waals surface area contributed by atoms with E-state index in [1.165, 1.54) is 17.3 Å². The van der Waals surface area contributed by atoms with Gasteiger partial charge in [-0.15, -0.1) is 10.2 Å². The molecule has 0 aliphatic rings. The minimum atomic E-state index is -0.0824. The molecule has 0 radical (unpaired) electrons. The Morgan fingerprint density at radius 3 is 2.63 bits per heavy atom. The van der Waals surface area contributed by atoms with Crippen LogP contribution in [-0.4, -0.2) is 26.4 Å². The fourth-order valence-corrected chi connectivity index (χ4v) is 4.02. The summed E-state index contributed by atoms with van der Waals surface area (Å²) in [5.41, 5.74) is 5.28. The van der Waals surface area contributed by atoms with Crippen LogP contribution in [0.3, 0.4) is 0 Å². The summed E-state index contributed by atoms with van der Waals surface area (Å²) in [6, 6.07) is 9.82. The van der Waals surface area contributed by atoms with Crippen molar-refractivity contribution in [2.45, 2.75) is 39.5 Å². The zero-order chi connectivity index (χ0) is 21.8. The van der Waals surface area contributed by atoms with E-state index in [-0.39, 0.29) is 11.7 Å². The van der Waals surface area contributed by atoms with Gasteiger partial charge in [-0.25, -0.2) is 0 Å². The highest BCUT2D eigenvalue weighted by molar-refractivity contribution is 9.10. The summed E-state index contributed by atoms with van der Waals surface area (Å²) in [7, 11) is 1.88. The van der Waals surface area contributed by atoms with Crippen molar-refractivity contribution >= 4 is 39.3 Å². The van der Waals surface area contributed by atoms with E-state index in [0.29, 0.717) is 17.6 Å². The van der Waals surface area contributed by atoms with Crippen molar-refractivity contribution in [1.82, 2.24) is 14.8 Å². The number of amides is 1. The molecule has 3 rings (SSSR count). The number of rotatable bonds is 7. The third-order valence-electron chi connectivity index (χ3n) is 5.16. The van der Waals surface area contributed by atoms with Gasteiger partial charge in [0.2, 0.25) is 5.91 Å². The lowest BCUT2D eigenvalue weighted by Gasteiger charge is -2.12. The van der Waals surface area contributed by atoms with Crippen LogP contribution in [-0.2, 0) is 18.4 Å². The first-order valence-corrected chi connectivity index (χ1v) is 11.3. The van der Waals surface area contributed by atoms with E-state index in [1.807, 2.05) is 56.7 Å². The zero-order valence-electron chi connectivity index (χ0n) is 17.7. The normalized spacial score (nSPS) is 10.9. The smallest absolute Gasteiger partial charge is 0.234 e. The molecule has 0 aliphatic heterocycles. The van der Waals surface area contributed by atoms with Crippen LogP contribution in [0, 0.1) is 27.7 Å². The molecule has 0 atom stereocenters. The average molecular weight is 489 g/mol. The second-order valence-electron chi connectivity index (χ2n) is 7.13. The highest BCUT2D eigenvalue weighted by Gasteiger charge is 2.14. The number of halogens is 1. The number of anilines is 1. The van der Waals surface area contributed by atoms with Crippen LogP contribution in [0.5, 0.6) is 5.75 Å². The SMILES string of the molecule is Cc1cccc(OCc2nnc(SCC(=O)Nc3ccc(Br)c(C)c3C)n2C)c1C. The van der Waals surface area contributed by atoms with Crippen molar-refractivity contribution < 1.29 is 9.53 Å². The molecule has 0 saturated carbocycles. The summed E-state index contributed by atoms with van der Waals surface area (Å²) >= 11 is 4.86. The fraction of sp³-hybridized carbons (Fsp3) is 0.318. The predicted molar refractivity (Wildman–Crippen MR) is 124 cm³/mol. The summed E-state index contributed by atoms with van der Waals surface area (Å²) in [4.78, 5) is 12.4. The first-order chi connectivity index (χ1) is 14.3. The number of carbonyl (C=O) groups excluding carboxylic acids is 1. The van der Waals surface area contributed by atoms with Crippen LogP contribution in [0.1, 0.15) is 28.1 Å². The highest BCUT2D eigenvalue weighted by Crippen LogP contribution is 2.26. The number of aryl methyl sites for hydroxylation is 1. The molecule has 8 heteroatoms. The molecule has 3 aromatic rings. The molecule has 30 heavy (non-hydrogen) atoms. The van der Waals surface area contributed by atoms with Crippen molar-refractivity contribution in [3.63, 3.8) is 0 Å². The zero-order valence-corrected chi connectivity index (χ0v) is 20.1. The van der Waals surface area contributed by atoms with Gasteiger partial charge in [0.15, 0.2) is 11.0 Å². The third-order valence-corrected chi connectivity index (χ3v) is 7.04. The monoisotopic (exact) mass is 488 g/mol.